The zero-order valence-corrected chi connectivity index (χ0v) is 18.9. The molecule has 0 unspecified atom stereocenters. The zero-order valence-electron chi connectivity index (χ0n) is 17.4. The lowest BCUT2D eigenvalue weighted by Crippen LogP contribution is -2.28. The standard InChI is InChI=1S/C23H24Cl2N4O3/c24-18-3-1-2-17(22(18)25)20(6-11-30)29-10-5-15(14-21(29)31)19-4-9-26-23(28-19)27-16-7-12-32-13-8-16/h1-5,9-10,14,16,20,30H,6-8,11-13H2,(H,26,27,28)/t20-/m1/s1. The fourth-order valence-corrected chi connectivity index (χ4v) is 4.30. The Balaban J connectivity index is 1.62. The van der Waals surface area contributed by atoms with Crippen molar-refractivity contribution in [1.82, 2.24) is 14.5 Å². The van der Waals surface area contributed by atoms with Gasteiger partial charge in [0.2, 0.25) is 5.95 Å². The van der Waals surface area contributed by atoms with Gasteiger partial charge in [-0.2, -0.15) is 0 Å². The van der Waals surface area contributed by atoms with Crippen LogP contribution in [0.4, 0.5) is 5.95 Å². The molecule has 0 aliphatic carbocycles. The van der Waals surface area contributed by atoms with Crippen LogP contribution in [-0.4, -0.2) is 45.5 Å². The van der Waals surface area contributed by atoms with E-state index in [1.165, 1.54) is 6.07 Å². The molecule has 0 saturated carbocycles. The highest BCUT2D eigenvalue weighted by atomic mass is 35.5. The topological polar surface area (TPSA) is 89.3 Å². The molecule has 9 heteroatoms. The number of rotatable bonds is 7. The summed E-state index contributed by atoms with van der Waals surface area (Å²) in [5, 5.41) is 13.7. The number of nitrogens with one attached hydrogen (secondary N) is 1. The van der Waals surface area contributed by atoms with Crippen molar-refractivity contribution in [1.29, 1.82) is 0 Å². The Morgan fingerprint density at radius 1 is 1.22 bits per heavy atom. The van der Waals surface area contributed by atoms with Gasteiger partial charge in [-0.3, -0.25) is 4.79 Å². The second kappa shape index (κ2) is 10.4. The van der Waals surface area contributed by atoms with Gasteiger partial charge >= 0.3 is 0 Å². The summed E-state index contributed by atoms with van der Waals surface area (Å²) in [5.74, 6) is 0.530. The van der Waals surface area contributed by atoms with E-state index in [1.807, 2.05) is 12.1 Å². The van der Waals surface area contributed by atoms with E-state index < -0.39 is 6.04 Å². The van der Waals surface area contributed by atoms with Crippen molar-refractivity contribution in [3.8, 4) is 11.3 Å². The van der Waals surface area contributed by atoms with Gasteiger partial charge in [0.15, 0.2) is 0 Å². The van der Waals surface area contributed by atoms with Gasteiger partial charge in [-0.15, -0.1) is 0 Å². The number of benzene rings is 1. The minimum Gasteiger partial charge on any atom is -0.396 e. The van der Waals surface area contributed by atoms with Crippen LogP contribution in [0.5, 0.6) is 0 Å². The number of aliphatic hydroxyl groups is 1. The summed E-state index contributed by atoms with van der Waals surface area (Å²) < 4.78 is 6.94. The van der Waals surface area contributed by atoms with Crippen molar-refractivity contribution >= 4 is 29.2 Å². The minimum absolute atomic E-state index is 0.102. The predicted octanol–water partition coefficient (Wildman–Crippen LogP) is 4.17. The number of nitrogens with zero attached hydrogens (tertiary/aromatic N) is 3. The highest BCUT2D eigenvalue weighted by Crippen LogP contribution is 2.33. The maximum atomic E-state index is 13.0. The first-order chi connectivity index (χ1) is 15.6. The van der Waals surface area contributed by atoms with E-state index in [9.17, 15) is 9.90 Å². The number of pyridine rings is 1. The fraction of sp³-hybridized carbons (Fsp3) is 0.348. The molecule has 0 radical (unpaired) electrons. The van der Waals surface area contributed by atoms with Crippen LogP contribution in [0.3, 0.4) is 0 Å². The molecule has 0 spiro atoms. The lowest BCUT2D eigenvalue weighted by Gasteiger charge is -2.23. The lowest BCUT2D eigenvalue weighted by molar-refractivity contribution is 0.0903. The van der Waals surface area contributed by atoms with E-state index in [1.54, 1.807) is 35.2 Å². The van der Waals surface area contributed by atoms with Gasteiger partial charge in [0.1, 0.15) is 0 Å². The molecule has 1 aliphatic heterocycles. The van der Waals surface area contributed by atoms with Crippen molar-refractivity contribution in [3.05, 3.63) is 74.8 Å². The van der Waals surface area contributed by atoms with Crippen LogP contribution >= 0.6 is 23.2 Å². The molecule has 3 heterocycles. The van der Waals surface area contributed by atoms with Crippen LogP contribution in [-0.2, 0) is 4.74 Å². The Morgan fingerprint density at radius 3 is 2.78 bits per heavy atom. The van der Waals surface area contributed by atoms with Crippen LogP contribution in [0.1, 0.15) is 30.9 Å². The first-order valence-electron chi connectivity index (χ1n) is 10.5. The average Bonchev–Trinajstić information content (AvgIpc) is 2.81. The Labute approximate surface area is 196 Å². The van der Waals surface area contributed by atoms with Crippen molar-refractivity contribution in [2.75, 3.05) is 25.1 Å². The number of hydrogen-bond acceptors (Lipinski definition) is 6. The van der Waals surface area contributed by atoms with Crippen LogP contribution in [0.25, 0.3) is 11.3 Å². The molecule has 1 aliphatic rings. The summed E-state index contributed by atoms with van der Waals surface area (Å²) in [6.07, 6.45) is 5.51. The molecule has 2 aromatic heterocycles. The minimum atomic E-state index is -0.441. The zero-order chi connectivity index (χ0) is 22.5. The molecular formula is C23H24Cl2N4O3. The first kappa shape index (κ1) is 22.7. The molecule has 1 aromatic carbocycles. The molecule has 3 aromatic rings. The quantitative estimate of drug-likeness (QED) is 0.533. The Hall–Kier alpha value is -2.45. The van der Waals surface area contributed by atoms with Gasteiger partial charge in [-0.1, -0.05) is 35.3 Å². The lowest BCUT2D eigenvalue weighted by atomic mass is 10.0. The second-order valence-electron chi connectivity index (χ2n) is 7.63. The number of anilines is 1. The van der Waals surface area contributed by atoms with E-state index in [0.717, 1.165) is 26.1 Å². The highest BCUT2D eigenvalue weighted by Gasteiger charge is 2.20. The SMILES string of the molecule is O=c1cc(-c2ccnc(NC3CCOCC3)n2)ccn1[C@H](CCO)c1cccc(Cl)c1Cl. The van der Waals surface area contributed by atoms with Crippen molar-refractivity contribution in [2.45, 2.75) is 31.3 Å². The number of aromatic nitrogens is 3. The third kappa shape index (κ3) is 5.13. The van der Waals surface area contributed by atoms with Crippen LogP contribution in [0.15, 0.2) is 53.6 Å². The Bertz CT molecular complexity index is 1130. The van der Waals surface area contributed by atoms with E-state index in [-0.39, 0.29) is 18.2 Å². The number of aliphatic hydroxyl groups excluding tert-OH is 1. The predicted molar refractivity (Wildman–Crippen MR) is 125 cm³/mol. The van der Waals surface area contributed by atoms with Crippen molar-refractivity contribution in [2.24, 2.45) is 0 Å². The molecular weight excluding hydrogens is 451 g/mol. The smallest absolute Gasteiger partial charge is 0.251 e. The van der Waals surface area contributed by atoms with Gasteiger partial charge in [-0.25, -0.2) is 9.97 Å². The van der Waals surface area contributed by atoms with Crippen molar-refractivity contribution in [3.63, 3.8) is 0 Å². The average molecular weight is 475 g/mol. The summed E-state index contributed by atoms with van der Waals surface area (Å²) >= 11 is 12.6. The van der Waals surface area contributed by atoms with E-state index >= 15 is 0 Å². The third-order valence-corrected chi connectivity index (χ3v) is 6.37. The molecule has 32 heavy (non-hydrogen) atoms. The largest absolute Gasteiger partial charge is 0.396 e. The highest BCUT2D eigenvalue weighted by molar-refractivity contribution is 6.42. The van der Waals surface area contributed by atoms with Gasteiger partial charge in [0, 0.05) is 49.9 Å². The molecule has 7 nitrogen and oxygen atoms in total. The fourth-order valence-electron chi connectivity index (χ4n) is 3.86. The number of halogens is 2. The maximum absolute atomic E-state index is 13.0. The summed E-state index contributed by atoms with van der Waals surface area (Å²) in [4.78, 5) is 21.9. The summed E-state index contributed by atoms with van der Waals surface area (Å²) in [6, 6.07) is 10.2. The second-order valence-corrected chi connectivity index (χ2v) is 8.41. The normalized spacial score (nSPS) is 15.5. The van der Waals surface area contributed by atoms with Gasteiger partial charge in [0.25, 0.3) is 5.56 Å². The molecule has 168 valence electrons. The van der Waals surface area contributed by atoms with Gasteiger partial charge in [0.05, 0.1) is 21.8 Å². The van der Waals surface area contributed by atoms with E-state index in [4.69, 9.17) is 27.9 Å². The monoisotopic (exact) mass is 474 g/mol. The van der Waals surface area contributed by atoms with Crippen LogP contribution < -0.4 is 10.9 Å². The Morgan fingerprint density at radius 2 is 2.03 bits per heavy atom. The third-order valence-electron chi connectivity index (χ3n) is 5.53. The molecule has 1 fully saturated rings. The molecule has 0 amide bonds. The van der Waals surface area contributed by atoms with Gasteiger partial charge < -0.3 is 19.7 Å². The molecule has 0 bridgehead atoms. The summed E-state index contributed by atoms with van der Waals surface area (Å²) in [7, 11) is 0. The molecule has 2 N–H and O–H groups in total. The Kier molecular flexibility index (Phi) is 7.42. The molecule has 1 atom stereocenters. The summed E-state index contributed by atoms with van der Waals surface area (Å²) in [5.41, 5.74) is 1.80. The van der Waals surface area contributed by atoms with Gasteiger partial charge in [-0.05, 0) is 43.0 Å². The number of hydrogen-bond donors (Lipinski definition) is 2. The molecule has 4 rings (SSSR count). The molecule has 1 saturated heterocycles. The summed E-state index contributed by atoms with van der Waals surface area (Å²) in [6.45, 7) is 1.34. The van der Waals surface area contributed by atoms with E-state index in [2.05, 4.69) is 15.3 Å². The van der Waals surface area contributed by atoms with Crippen LogP contribution in [0.2, 0.25) is 10.0 Å². The first-order valence-corrected chi connectivity index (χ1v) is 11.3. The number of ether oxygens (including phenoxy) is 1. The van der Waals surface area contributed by atoms with Crippen LogP contribution in [0, 0.1) is 0 Å². The van der Waals surface area contributed by atoms with E-state index in [0.29, 0.717) is 39.2 Å². The van der Waals surface area contributed by atoms with Crippen molar-refractivity contribution < 1.29 is 9.84 Å². The maximum Gasteiger partial charge on any atom is 0.251 e.